The van der Waals surface area contributed by atoms with E-state index in [-0.39, 0.29) is 18.9 Å². The number of nitrogens with zero attached hydrogens (tertiary/aromatic N) is 1. The molecule has 7 nitrogen and oxygen atoms in total. The lowest BCUT2D eigenvalue weighted by Crippen LogP contribution is -2.52. The predicted molar refractivity (Wildman–Crippen MR) is 205 cm³/mol. The summed E-state index contributed by atoms with van der Waals surface area (Å²) >= 11 is 14.8. The van der Waals surface area contributed by atoms with Gasteiger partial charge < -0.3 is 14.6 Å². The second-order valence-corrected chi connectivity index (χ2v) is 13.8. The van der Waals surface area contributed by atoms with E-state index in [1.165, 1.54) is 0 Å². The van der Waals surface area contributed by atoms with Crippen molar-refractivity contribution in [1.29, 1.82) is 0 Å². The van der Waals surface area contributed by atoms with Crippen molar-refractivity contribution in [2.75, 3.05) is 13.2 Å². The van der Waals surface area contributed by atoms with Crippen LogP contribution in [-0.4, -0.2) is 35.7 Å². The van der Waals surface area contributed by atoms with Crippen molar-refractivity contribution in [3.63, 3.8) is 0 Å². The molecule has 1 aliphatic heterocycles. The first-order chi connectivity index (χ1) is 24.9. The molecule has 0 fully saturated rings. The van der Waals surface area contributed by atoms with Crippen molar-refractivity contribution in [3.05, 3.63) is 166 Å². The zero-order valence-corrected chi connectivity index (χ0v) is 30.0. The Hall–Kier alpha value is -4.57. The van der Waals surface area contributed by atoms with Gasteiger partial charge in [-0.15, -0.1) is 0 Å². The monoisotopic (exact) mass is 737 g/mol. The summed E-state index contributed by atoms with van der Waals surface area (Å²) in [7, 11) is 0. The third-order valence-corrected chi connectivity index (χ3v) is 9.93. The molecule has 0 aliphatic carbocycles. The Morgan fingerprint density at radius 3 is 2.39 bits per heavy atom. The molecule has 1 aliphatic rings. The predicted octanol–water partition coefficient (Wildman–Crippen LogP) is 9.09. The van der Waals surface area contributed by atoms with Crippen molar-refractivity contribution in [2.45, 2.75) is 40.8 Å². The number of aliphatic imine (C=N–C) groups is 1. The summed E-state index contributed by atoms with van der Waals surface area (Å²) in [5.74, 6) is 0.553. The van der Waals surface area contributed by atoms with E-state index in [0.717, 1.165) is 20.9 Å². The van der Waals surface area contributed by atoms with Gasteiger partial charge in [-0.3, -0.25) is 10.2 Å². The van der Waals surface area contributed by atoms with Crippen molar-refractivity contribution in [2.24, 2.45) is 4.99 Å². The highest BCUT2D eigenvalue weighted by Crippen LogP contribution is 2.45. The van der Waals surface area contributed by atoms with Gasteiger partial charge >= 0.3 is 0 Å². The van der Waals surface area contributed by atoms with E-state index in [1.54, 1.807) is 30.0 Å². The average Bonchev–Trinajstić information content (AvgIpc) is 3.54. The molecule has 51 heavy (non-hydrogen) atoms. The summed E-state index contributed by atoms with van der Waals surface area (Å²) in [5, 5.41) is 9.94. The number of hydrazine groups is 1. The van der Waals surface area contributed by atoms with E-state index < -0.39 is 11.6 Å². The normalized spacial score (nSPS) is 16.8. The first-order valence-corrected chi connectivity index (χ1v) is 18.1. The zero-order valence-electron chi connectivity index (χ0n) is 27.7. The maximum absolute atomic E-state index is 14.6. The van der Waals surface area contributed by atoms with Crippen LogP contribution in [0.15, 0.2) is 148 Å². The van der Waals surface area contributed by atoms with Crippen LogP contribution in [0.3, 0.4) is 0 Å². The second kappa shape index (κ2) is 17.6. The van der Waals surface area contributed by atoms with Crippen LogP contribution in [0.4, 0.5) is 0 Å². The summed E-state index contributed by atoms with van der Waals surface area (Å²) in [6.45, 7) is 0.817. The lowest BCUT2D eigenvalue weighted by atomic mass is 9.84. The fourth-order valence-corrected chi connectivity index (χ4v) is 7.11. The standard InChI is InChI=1S/C41H37Cl2N3O4S/c42-32-20-23-35(36(43)27-32)38-41(24-9-13-29-11-3-1-4-12-29,45-39(50-38)30-18-21-33(22-19-30)49-26-10-25-47)40(48)46-44-28-31-14-7-8-17-37(31)51-34-15-5-2-6-16-34/h1-9,11-23,27,38,44,47H,10,24-26,28H2,(H,46,48)/b13-9+/t38-,41-/m0/s1. The first kappa shape index (κ1) is 36.2. The van der Waals surface area contributed by atoms with E-state index >= 15 is 0 Å². The van der Waals surface area contributed by atoms with Crippen molar-refractivity contribution < 1.29 is 19.4 Å². The molecule has 260 valence electrons. The Bertz CT molecular complexity index is 1980. The number of aliphatic hydroxyl groups excluding tert-OH is 1. The van der Waals surface area contributed by atoms with Gasteiger partial charge in [0.2, 0.25) is 5.90 Å². The first-order valence-electron chi connectivity index (χ1n) is 16.6. The molecule has 3 N–H and O–H groups in total. The number of aliphatic hydroxyl groups is 1. The molecule has 1 heterocycles. The van der Waals surface area contributed by atoms with Crippen LogP contribution in [0, 0.1) is 0 Å². The number of nitrogens with one attached hydrogen (secondary N) is 2. The minimum Gasteiger partial charge on any atom is -0.494 e. The molecule has 6 rings (SSSR count). The number of rotatable bonds is 15. The van der Waals surface area contributed by atoms with Gasteiger partial charge in [-0.2, -0.15) is 0 Å². The van der Waals surface area contributed by atoms with E-state index in [1.807, 2.05) is 103 Å². The lowest BCUT2D eigenvalue weighted by molar-refractivity contribution is -0.129. The summed E-state index contributed by atoms with van der Waals surface area (Å²) in [5.41, 5.74) is 7.93. The van der Waals surface area contributed by atoms with Crippen molar-refractivity contribution in [1.82, 2.24) is 10.9 Å². The summed E-state index contributed by atoms with van der Waals surface area (Å²) in [6, 6.07) is 40.5. The highest BCUT2D eigenvalue weighted by molar-refractivity contribution is 7.99. The van der Waals surface area contributed by atoms with E-state index in [4.69, 9.17) is 42.8 Å². The Labute approximate surface area is 312 Å². The number of halogens is 2. The van der Waals surface area contributed by atoms with Gasteiger partial charge in [0, 0.05) is 57.0 Å². The van der Waals surface area contributed by atoms with Gasteiger partial charge in [0.25, 0.3) is 5.91 Å². The molecule has 5 aromatic rings. The maximum atomic E-state index is 14.6. The average molecular weight is 739 g/mol. The molecule has 2 atom stereocenters. The Morgan fingerprint density at radius 2 is 1.65 bits per heavy atom. The van der Waals surface area contributed by atoms with Crippen LogP contribution in [-0.2, 0) is 16.1 Å². The van der Waals surface area contributed by atoms with E-state index in [9.17, 15) is 4.79 Å². The number of benzene rings is 5. The number of amides is 1. The Kier molecular flexibility index (Phi) is 12.5. The Morgan fingerprint density at radius 1 is 0.922 bits per heavy atom. The third kappa shape index (κ3) is 9.22. The molecule has 0 radical (unpaired) electrons. The maximum Gasteiger partial charge on any atom is 0.266 e. The molecule has 0 aromatic heterocycles. The van der Waals surface area contributed by atoms with Gasteiger partial charge in [-0.05, 0) is 65.7 Å². The fraction of sp³-hybridized carbons (Fsp3) is 0.171. The molecule has 0 saturated carbocycles. The number of hydrogen-bond donors (Lipinski definition) is 3. The summed E-state index contributed by atoms with van der Waals surface area (Å²) in [4.78, 5) is 21.9. The number of ether oxygens (including phenoxy) is 2. The minimum atomic E-state index is -1.46. The largest absolute Gasteiger partial charge is 0.494 e. The molecular weight excluding hydrogens is 701 g/mol. The smallest absolute Gasteiger partial charge is 0.266 e. The topological polar surface area (TPSA) is 92.2 Å². The van der Waals surface area contributed by atoms with Crippen LogP contribution < -0.4 is 15.6 Å². The molecule has 10 heteroatoms. The summed E-state index contributed by atoms with van der Waals surface area (Å²) < 4.78 is 12.3. The van der Waals surface area contributed by atoms with E-state index in [0.29, 0.717) is 52.4 Å². The second-order valence-electron chi connectivity index (χ2n) is 11.8. The van der Waals surface area contributed by atoms with Gasteiger partial charge in [0.15, 0.2) is 11.6 Å². The van der Waals surface area contributed by atoms with E-state index in [2.05, 4.69) is 29.1 Å². The van der Waals surface area contributed by atoms with Gasteiger partial charge in [-0.1, -0.05) is 120 Å². The molecule has 5 aromatic carbocycles. The molecular formula is C41H37Cl2N3O4S. The quantitative estimate of drug-likeness (QED) is 0.0734. The highest BCUT2D eigenvalue weighted by atomic mass is 35.5. The van der Waals surface area contributed by atoms with Crippen LogP contribution >= 0.6 is 35.0 Å². The van der Waals surface area contributed by atoms with Crippen LogP contribution in [0.1, 0.15) is 41.2 Å². The number of hydrogen-bond acceptors (Lipinski definition) is 7. The van der Waals surface area contributed by atoms with Gasteiger partial charge in [0.1, 0.15) is 5.75 Å². The van der Waals surface area contributed by atoms with Gasteiger partial charge in [-0.25, -0.2) is 10.4 Å². The van der Waals surface area contributed by atoms with Crippen molar-refractivity contribution in [3.8, 4) is 5.75 Å². The Balaban J connectivity index is 1.32. The van der Waals surface area contributed by atoms with Crippen LogP contribution in [0.5, 0.6) is 5.75 Å². The number of carbonyl (C=O) groups excluding carboxylic acids is 1. The molecule has 0 unspecified atom stereocenters. The minimum absolute atomic E-state index is 0.0499. The molecule has 0 bridgehead atoms. The fourth-order valence-electron chi connectivity index (χ4n) is 5.64. The van der Waals surface area contributed by atoms with Crippen LogP contribution in [0.2, 0.25) is 10.0 Å². The summed E-state index contributed by atoms with van der Waals surface area (Å²) in [6.07, 6.45) is 3.74. The molecule has 0 saturated heterocycles. The highest BCUT2D eigenvalue weighted by Gasteiger charge is 2.53. The zero-order chi connectivity index (χ0) is 35.5. The third-order valence-electron chi connectivity index (χ3n) is 8.24. The molecule has 1 amide bonds. The molecule has 0 spiro atoms. The van der Waals surface area contributed by atoms with Crippen LogP contribution in [0.25, 0.3) is 6.08 Å². The van der Waals surface area contributed by atoms with Gasteiger partial charge in [0.05, 0.1) is 6.61 Å². The SMILES string of the molecule is O=C(NNCc1ccccc1Sc1ccccc1)[C@@]1(C/C=C/c2ccccc2)N=C(c2ccc(OCCCO)cc2)O[C@H]1c1ccc(Cl)cc1Cl. The van der Waals surface area contributed by atoms with Crippen molar-refractivity contribution >= 4 is 52.8 Å². The number of carbonyl (C=O) groups is 1. The lowest BCUT2D eigenvalue weighted by Gasteiger charge is -2.30.